The Morgan fingerprint density at radius 1 is 1.14 bits per heavy atom. The van der Waals surface area contributed by atoms with Crippen molar-refractivity contribution >= 4 is 0 Å². The zero-order valence-electron chi connectivity index (χ0n) is 13.0. The number of piperidine rings is 1. The van der Waals surface area contributed by atoms with Crippen molar-refractivity contribution in [1.82, 2.24) is 4.90 Å². The molecule has 2 N–H and O–H groups in total. The lowest BCUT2D eigenvalue weighted by Crippen LogP contribution is -2.45. The fourth-order valence-corrected chi connectivity index (χ4v) is 3.43. The Kier molecular flexibility index (Phi) is 4.55. The average molecular weight is 298 g/mol. The van der Waals surface area contributed by atoms with Gasteiger partial charge in [0, 0.05) is 25.7 Å². The number of hydrogen-bond acceptors (Lipinski definition) is 2. The van der Waals surface area contributed by atoms with Gasteiger partial charge in [0.15, 0.2) is 0 Å². The molecular weight excluding hydrogens is 275 g/mol. The average Bonchev–Trinajstić information content (AvgIpc) is 2.46. The highest BCUT2D eigenvalue weighted by Gasteiger charge is 2.26. The predicted molar refractivity (Wildman–Crippen MR) is 88.2 cm³/mol. The van der Waals surface area contributed by atoms with Gasteiger partial charge >= 0.3 is 0 Å². The third kappa shape index (κ3) is 3.73. The highest BCUT2D eigenvalue weighted by molar-refractivity contribution is 5.24. The summed E-state index contributed by atoms with van der Waals surface area (Å²) in [6.07, 6.45) is 0.924. The Labute approximate surface area is 131 Å². The van der Waals surface area contributed by atoms with Crippen molar-refractivity contribution in [2.75, 3.05) is 13.1 Å². The van der Waals surface area contributed by atoms with E-state index in [-0.39, 0.29) is 11.9 Å². The fourth-order valence-electron chi connectivity index (χ4n) is 3.43. The molecule has 1 saturated heterocycles. The van der Waals surface area contributed by atoms with Gasteiger partial charge in [-0.2, -0.15) is 0 Å². The summed E-state index contributed by atoms with van der Waals surface area (Å²) in [5, 5.41) is 0. The second-order valence-corrected chi connectivity index (χ2v) is 6.43. The van der Waals surface area contributed by atoms with Crippen molar-refractivity contribution in [2.45, 2.75) is 31.8 Å². The van der Waals surface area contributed by atoms with Crippen molar-refractivity contribution in [2.24, 2.45) is 5.73 Å². The van der Waals surface area contributed by atoms with Gasteiger partial charge in [0.25, 0.3) is 0 Å². The number of benzene rings is 2. The standard InChI is InChI=1S/C19H23FN2/c1-14-4-2-5-15(8-14)11-22-12-17(10-19(21)13-22)16-6-3-7-18(20)9-16/h2-9,17,19H,10-13,21H2,1H3. The third-order valence-corrected chi connectivity index (χ3v) is 4.37. The highest BCUT2D eigenvalue weighted by Crippen LogP contribution is 2.27. The molecule has 0 spiro atoms. The second-order valence-electron chi connectivity index (χ2n) is 6.43. The van der Waals surface area contributed by atoms with E-state index in [9.17, 15) is 4.39 Å². The Morgan fingerprint density at radius 2 is 1.95 bits per heavy atom. The van der Waals surface area contributed by atoms with Gasteiger partial charge in [-0.3, -0.25) is 4.90 Å². The predicted octanol–water partition coefficient (Wildman–Crippen LogP) is 3.45. The van der Waals surface area contributed by atoms with Crippen LogP contribution in [0.3, 0.4) is 0 Å². The van der Waals surface area contributed by atoms with Gasteiger partial charge in [0.2, 0.25) is 0 Å². The SMILES string of the molecule is Cc1cccc(CN2CC(N)CC(c3cccc(F)c3)C2)c1. The molecule has 2 aromatic rings. The van der Waals surface area contributed by atoms with Crippen LogP contribution < -0.4 is 5.73 Å². The highest BCUT2D eigenvalue weighted by atomic mass is 19.1. The first-order chi connectivity index (χ1) is 10.6. The summed E-state index contributed by atoms with van der Waals surface area (Å²) in [4.78, 5) is 2.39. The maximum absolute atomic E-state index is 13.5. The first kappa shape index (κ1) is 15.2. The van der Waals surface area contributed by atoms with Crippen molar-refractivity contribution in [3.63, 3.8) is 0 Å². The number of likely N-dealkylation sites (tertiary alicyclic amines) is 1. The van der Waals surface area contributed by atoms with Gasteiger partial charge in [-0.05, 0) is 42.5 Å². The summed E-state index contributed by atoms with van der Waals surface area (Å²) < 4.78 is 13.5. The number of halogens is 1. The molecule has 0 radical (unpaired) electrons. The number of hydrogen-bond donors (Lipinski definition) is 1. The lowest BCUT2D eigenvalue weighted by molar-refractivity contribution is 0.181. The van der Waals surface area contributed by atoms with E-state index < -0.39 is 0 Å². The minimum Gasteiger partial charge on any atom is -0.327 e. The number of aryl methyl sites for hydroxylation is 1. The fraction of sp³-hybridized carbons (Fsp3) is 0.368. The number of rotatable bonds is 3. The van der Waals surface area contributed by atoms with Crippen LogP contribution in [0.1, 0.15) is 29.0 Å². The van der Waals surface area contributed by atoms with Crippen molar-refractivity contribution in [3.05, 3.63) is 71.0 Å². The summed E-state index contributed by atoms with van der Waals surface area (Å²) in [5.74, 6) is 0.145. The molecule has 2 atom stereocenters. The van der Waals surface area contributed by atoms with E-state index >= 15 is 0 Å². The van der Waals surface area contributed by atoms with Gasteiger partial charge < -0.3 is 5.73 Å². The molecule has 1 aliphatic heterocycles. The molecule has 116 valence electrons. The summed E-state index contributed by atoms with van der Waals surface area (Å²) in [6, 6.07) is 15.7. The monoisotopic (exact) mass is 298 g/mol. The molecule has 0 aliphatic carbocycles. The van der Waals surface area contributed by atoms with Gasteiger partial charge in [-0.1, -0.05) is 42.0 Å². The topological polar surface area (TPSA) is 29.3 Å². The van der Waals surface area contributed by atoms with Crippen molar-refractivity contribution < 1.29 is 4.39 Å². The molecule has 0 bridgehead atoms. The van der Waals surface area contributed by atoms with Crippen molar-refractivity contribution in [3.8, 4) is 0 Å². The molecule has 1 heterocycles. The van der Waals surface area contributed by atoms with E-state index in [2.05, 4.69) is 36.1 Å². The molecule has 2 nitrogen and oxygen atoms in total. The van der Waals surface area contributed by atoms with E-state index in [1.54, 1.807) is 12.1 Å². The quantitative estimate of drug-likeness (QED) is 0.940. The maximum atomic E-state index is 13.5. The molecule has 3 heteroatoms. The van der Waals surface area contributed by atoms with Crippen LogP contribution in [-0.4, -0.2) is 24.0 Å². The van der Waals surface area contributed by atoms with Gasteiger partial charge in [0.05, 0.1) is 0 Å². The van der Waals surface area contributed by atoms with Gasteiger partial charge in [-0.25, -0.2) is 4.39 Å². The third-order valence-electron chi connectivity index (χ3n) is 4.37. The van der Waals surface area contributed by atoms with Crippen molar-refractivity contribution in [1.29, 1.82) is 0 Å². The first-order valence-electron chi connectivity index (χ1n) is 7.89. The van der Waals surface area contributed by atoms with E-state index in [0.29, 0.717) is 5.92 Å². The van der Waals surface area contributed by atoms with Crippen LogP contribution in [-0.2, 0) is 6.54 Å². The van der Waals surface area contributed by atoms with E-state index in [1.807, 2.05) is 6.07 Å². The van der Waals surface area contributed by atoms with Gasteiger partial charge in [-0.15, -0.1) is 0 Å². The summed E-state index contributed by atoms with van der Waals surface area (Å²) in [6.45, 7) is 4.85. The largest absolute Gasteiger partial charge is 0.327 e. The van der Waals surface area contributed by atoms with Crippen LogP contribution in [0.2, 0.25) is 0 Å². The normalized spacial score (nSPS) is 22.7. The zero-order chi connectivity index (χ0) is 15.5. The molecule has 1 aliphatic rings. The lowest BCUT2D eigenvalue weighted by atomic mass is 9.88. The first-order valence-corrected chi connectivity index (χ1v) is 7.89. The summed E-state index contributed by atoms with van der Waals surface area (Å²) >= 11 is 0. The Morgan fingerprint density at radius 3 is 2.73 bits per heavy atom. The molecule has 3 rings (SSSR count). The molecular formula is C19H23FN2. The Balaban J connectivity index is 1.73. The Bertz CT molecular complexity index is 641. The maximum Gasteiger partial charge on any atom is 0.123 e. The smallest absolute Gasteiger partial charge is 0.123 e. The zero-order valence-corrected chi connectivity index (χ0v) is 13.0. The molecule has 22 heavy (non-hydrogen) atoms. The van der Waals surface area contributed by atoms with Crippen LogP contribution in [0.5, 0.6) is 0 Å². The van der Waals surface area contributed by atoms with E-state index in [1.165, 1.54) is 17.2 Å². The summed E-state index contributed by atoms with van der Waals surface area (Å²) in [7, 11) is 0. The molecule has 2 aromatic carbocycles. The van der Waals surface area contributed by atoms with E-state index in [4.69, 9.17) is 5.73 Å². The summed E-state index contributed by atoms with van der Waals surface area (Å²) in [5.41, 5.74) is 9.89. The minimum absolute atomic E-state index is 0.145. The molecule has 1 fully saturated rings. The van der Waals surface area contributed by atoms with Crippen LogP contribution in [0, 0.1) is 12.7 Å². The number of nitrogens with zero attached hydrogens (tertiary/aromatic N) is 1. The molecule has 0 saturated carbocycles. The Hall–Kier alpha value is -1.71. The van der Waals surface area contributed by atoms with Crippen LogP contribution in [0.4, 0.5) is 4.39 Å². The van der Waals surface area contributed by atoms with Crippen LogP contribution >= 0.6 is 0 Å². The van der Waals surface area contributed by atoms with Gasteiger partial charge in [0.1, 0.15) is 5.82 Å². The second kappa shape index (κ2) is 6.59. The van der Waals surface area contributed by atoms with Crippen LogP contribution in [0.25, 0.3) is 0 Å². The minimum atomic E-state index is -0.165. The van der Waals surface area contributed by atoms with E-state index in [0.717, 1.165) is 31.6 Å². The van der Waals surface area contributed by atoms with Crippen LogP contribution in [0.15, 0.2) is 48.5 Å². The lowest BCUT2D eigenvalue weighted by Gasteiger charge is -2.36. The molecule has 0 amide bonds. The molecule has 0 aromatic heterocycles. The molecule has 2 unspecified atom stereocenters. The number of nitrogens with two attached hydrogens (primary N) is 1.